The highest BCUT2D eigenvalue weighted by Gasteiger charge is 2.23. The standard InChI is InChI=1S/C19H27NO5/c1-3-24-18(22)14-13-16(19(23)25-4-2)20-17(21)12-8-11-15-9-6-5-7-10-15/h5-7,9-10,16H,3-4,8,11-14H2,1-2H3,(H,20,21)/t16-/m0/s1. The van der Waals surface area contributed by atoms with Gasteiger partial charge in [0.25, 0.3) is 0 Å². The summed E-state index contributed by atoms with van der Waals surface area (Å²) >= 11 is 0. The lowest BCUT2D eigenvalue weighted by Crippen LogP contribution is -2.42. The van der Waals surface area contributed by atoms with Gasteiger partial charge in [-0.3, -0.25) is 9.59 Å². The molecule has 1 aromatic rings. The summed E-state index contributed by atoms with van der Waals surface area (Å²) in [7, 11) is 0. The van der Waals surface area contributed by atoms with Gasteiger partial charge in [-0.1, -0.05) is 30.3 Å². The molecule has 6 heteroatoms. The average molecular weight is 349 g/mol. The Morgan fingerprint density at radius 3 is 2.32 bits per heavy atom. The van der Waals surface area contributed by atoms with E-state index in [4.69, 9.17) is 9.47 Å². The number of rotatable bonds is 11. The van der Waals surface area contributed by atoms with E-state index in [-0.39, 0.29) is 32.0 Å². The Morgan fingerprint density at radius 2 is 1.68 bits per heavy atom. The maximum absolute atomic E-state index is 12.1. The topological polar surface area (TPSA) is 81.7 Å². The van der Waals surface area contributed by atoms with Gasteiger partial charge < -0.3 is 14.8 Å². The molecule has 25 heavy (non-hydrogen) atoms. The first-order valence-corrected chi connectivity index (χ1v) is 8.72. The molecule has 0 spiro atoms. The summed E-state index contributed by atoms with van der Waals surface area (Å²) in [5.41, 5.74) is 1.17. The molecule has 138 valence electrons. The number of carbonyl (C=O) groups excluding carboxylic acids is 3. The summed E-state index contributed by atoms with van der Waals surface area (Å²) in [6.45, 7) is 3.92. The van der Waals surface area contributed by atoms with E-state index in [1.165, 1.54) is 5.56 Å². The molecular formula is C19H27NO5. The Bertz CT molecular complexity index is 544. The molecule has 1 N–H and O–H groups in total. The minimum absolute atomic E-state index is 0.0572. The van der Waals surface area contributed by atoms with Crippen LogP contribution in [-0.4, -0.2) is 37.1 Å². The zero-order valence-electron chi connectivity index (χ0n) is 15.0. The number of hydrogen-bond acceptors (Lipinski definition) is 5. The molecule has 0 radical (unpaired) electrons. The SMILES string of the molecule is CCOC(=O)CC[C@H](NC(=O)CCCc1ccccc1)C(=O)OCC. The van der Waals surface area contributed by atoms with E-state index in [1.807, 2.05) is 30.3 Å². The van der Waals surface area contributed by atoms with Crippen molar-refractivity contribution in [2.75, 3.05) is 13.2 Å². The molecule has 0 saturated carbocycles. The molecule has 0 aromatic heterocycles. The molecule has 6 nitrogen and oxygen atoms in total. The van der Waals surface area contributed by atoms with Crippen LogP contribution in [0, 0.1) is 0 Å². The Morgan fingerprint density at radius 1 is 1.00 bits per heavy atom. The molecule has 0 saturated heterocycles. The van der Waals surface area contributed by atoms with Crippen molar-refractivity contribution in [1.82, 2.24) is 5.32 Å². The number of ether oxygens (including phenoxy) is 2. The van der Waals surface area contributed by atoms with Crippen molar-refractivity contribution in [2.24, 2.45) is 0 Å². The lowest BCUT2D eigenvalue weighted by molar-refractivity contribution is -0.148. The maximum atomic E-state index is 12.1. The molecule has 0 aliphatic rings. The summed E-state index contributed by atoms with van der Waals surface area (Å²) in [6.07, 6.45) is 2.01. The van der Waals surface area contributed by atoms with E-state index in [0.717, 1.165) is 6.42 Å². The number of benzene rings is 1. The summed E-state index contributed by atoms with van der Waals surface area (Å²) in [5, 5.41) is 2.66. The highest BCUT2D eigenvalue weighted by Crippen LogP contribution is 2.06. The number of nitrogens with one attached hydrogen (secondary N) is 1. The predicted octanol–water partition coefficient (Wildman–Crippen LogP) is 2.40. The second-order valence-corrected chi connectivity index (χ2v) is 5.55. The fourth-order valence-electron chi connectivity index (χ4n) is 2.35. The third kappa shape index (κ3) is 8.88. The highest BCUT2D eigenvalue weighted by atomic mass is 16.5. The van der Waals surface area contributed by atoms with Crippen LogP contribution in [0.4, 0.5) is 0 Å². The van der Waals surface area contributed by atoms with E-state index in [9.17, 15) is 14.4 Å². The van der Waals surface area contributed by atoms with Crippen LogP contribution in [0.15, 0.2) is 30.3 Å². The van der Waals surface area contributed by atoms with E-state index in [2.05, 4.69) is 5.32 Å². The van der Waals surface area contributed by atoms with Gasteiger partial charge in [0.1, 0.15) is 6.04 Å². The van der Waals surface area contributed by atoms with E-state index < -0.39 is 18.0 Å². The molecule has 0 bridgehead atoms. The largest absolute Gasteiger partial charge is 0.466 e. The van der Waals surface area contributed by atoms with Gasteiger partial charge in [0, 0.05) is 12.8 Å². The number of carbonyl (C=O) groups is 3. The van der Waals surface area contributed by atoms with Crippen LogP contribution in [-0.2, 0) is 30.3 Å². The molecule has 0 heterocycles. The summed E-state index contributed by atoms with van der Waals surface area (Å²) < 4.78 is 9.81. The van der Waals surface area contributed by atoms with Gasteiger partial charge in [0.05, 0.1) is 13.2 Å². The number of hydrogen-bond donors (Lipinski definition) is 1. The molecular weight excluding hydrogens is 322 g/mol. The first kappa shape index (κ1) is 20.7. The van der Waals surface area contributed by atoms with E-state index >= 15 is 0 Å². The van der Waals surface area contributed by atoms with E-state index in [1.54, 1.807) is 13.8 Å². The smallest absolute Gasteiger partial charge is 0.328 e. The first-order valence-electron chi connectivity index (χ1n) is 8.72. The monoisotopic (exact) mass is 349 g/mol. The van der Waals surface area contributed by atoms with Crippen molar-refractivity contribution >= 4 is 17.8 Å². The van der Waals surface area contributed by atoms with Crippen molar-refractivity contribution in [2.45, 2.75) is 52.0 Å². The van der Waals surface area contributed by atoms with Gasteiger partial charge in [-0.05, 0) is 38.7 Å². The average Bonchev–Trinajstić information content (AvgIpc) is 2.60. The molecule has 1 atom stereocenters. The molecule has 1 rings (SSSR count). The van der Waals surface area contributed by atoms with Crippen LogP contribution in [0.1, 0.15) is 45.1 Å². The molecule has 0 unspecified atom stereocenters. The summed E-state index contributed by atoms with van der Waals surface area (Å²) in [5.74, 6) is -1.14. The van der Waals surface area contributed by atoms with Gasteiger partial charge in [-0.2, -0.15) is 0 Å². The maximum Gasteiger partial charge on any atom is 0.328 e. The first-order chi connectivity index (χ1) is 12.1. The third-order valence-corrected chi connectivity index (χ3v) is 3.56. The van der Waals surface area contributed by atoms with Crippen LogP contribution >= 0.6 is 0 Å². The van der Waals surface area contributed by atoms with Crippen LogP contribution < -0.4 is 5.32 Å². The van der Waals surface area contributed by atoms with Gasteiger partial charge in [-0.25, -0.2) is 4.79 Å². The van der Waals surface area contributed by atoms with Gasteiger partial charge in [-0.15, -0.1) is 0 Å². The second-order valence-electron chi connectivity index (χ2n) is 5.55. The van der Waals surface area contributed by atoms with Gasteiger partial charge in [0.2, 0.25) is 5.91 Å². The normalized spacial score (nSPS) is 11.4. The van der Waals surface area contributed by atoms with Crippen molar-refractivity contribution in [3.05, 3.63) is 35.9 Å². The molecule has 0 aliphatic carbocycles. The number of esters is 2. The Kier molecular flexibility index (Phi) is 9.97. The summed E-state index contributed by atoms with van der Waals surface area (Å²) in [6, 6.07) is 9.07. The fourth-order valence-corrected chi connectivity index (χ4v) is 2.35. The van der Waals surface area contributed by atoms with Crippen LogP contribution in [0.25, 0.3) is 0 Å². The minimum Gasteiger partial charge on any atom is -0.466 e. The quantitative estimate of drug-likeness (QED) is 0.620. The zero-order chi connectivity index (χ0) is 18.5. The van der Waals surface area contributed by atoms with Crippen molar-refractivity contribution < 1.29 is 23.9 Å². The zero-order valence-corrected chi connectivity index (χ0v) is 15.0. The lowest BCUT2D eigenvalue weighted by Gasteiger charge is -2.17. The van der Waals surface area contributed by atoms with Crippen molar-refractivity contribution in [3.63, 3.8) is 0 Å². The Hall–Kier alpha value is -2.37. The van der Waals surface area contributed by atoms with Crippen LogP contribution in [0.2, 0.25) is 0 Å². The number of aryl methyl sites for hydroxylation is 1. The minimum atomic E-state index is -0.825. The molecule has 0 aliphatic heterocycles. The van der Waals surface area contributed by atoms with Crippen molar-refractivity contribution in [3.8, 4) is 0 Å². The van der Waals surface area contributed by atoms with Gasteiger partial charge in [0.15, 0.2) is 0 Å². The lowest BCUT2D eigenvalue weighted by atomic mass is 10.1. The Balaban J connectivity index is 2.44. The van der Waals surface area contributed by atoms with Crippen LogP contribution in [0.5, 0.6) is 0 Å². The third-order valence-electron chi connectivity index (χ3n) is 3.56. The van der Waals surface area contributed by atoms with Crippen LogP contribution in [0.3, 0.4) is 0 Å². The number of amides is 1. The molecule has 1 aromatic carbocycles. The predicted molar refractivity (Wildman–Crippen MR) is 93.8 cm³/mol. The fraction of sp³-hybridized carbons (Fsp3) is 0.526. The van der Waals surface area contributed by atoms with Gasteiger partial charge >= 0.3 is 11.9 Å². The summed E-state index contributed by atoms with van der Waals surface area (Å²) in [4.78, 5) is 35.5. The molecule has 0 fully saturated rings. The second kappa shape index (κ2) is 12.1. The van der Waals surface area contributed by atoms with Crippen molar-refractivity contribution in [1.29, 1.82) is 0 Å². The van der Waals surface area contributed by atoms with E-state index in [0.29, 0.717) is 12.8 Å². The highest BCUT2D eigenvalue weighted by molar-refractivity contribution is 5.85. The Labute approximate surface area is 148 Å². The molecule has 1 amide bonds.